The molecule has 0 heterocycles. The van der Waals surface area contributed by atoms with E-state index in [1.54, 1.807) is 12.0 Å². The van der Waals surface area contributed by atoms with Crippen molar-refractivity contribution in [2.24, 2.45) is 11.1 Å². The maximum Gasteiger partial charge on any atom is 0.230 e. The highest BCUT2D eigenvalue weighted by molar-refractivity contribution is 5.83. The number of amides is 1. The zero-order valence-corrected chi connectivity index (χ0v) is 11.7. The second-order valence-electron chi connectivity index (χ2n) is 5.35. The summed E-state index contributed by atoms with van der Waals surface area (Å²) in [4.78, 5) is 14.2. The summed E-state index contributed by atoms with van der Waals surface area (Å²) in [7, 11) is 3.49. The minimum atomic E-state index is -0.298. The standard InChI is InChI=1S/C15H22N2O2/c1-17(14(18)15(11-16)7-4-8-15)10-12-5-3-6-13(9-12)19-2/h3,5-6,9H,4,7-8,10-11,16H2,1-2H3. The molecule has 0 spiro atoms. The molecule has 0 bridgehead atoms. The summed E-state index contributed by atoms with van der Waals surface area (Å²) in [5, 5.41) is 0. The minimum absolute atomic E-state index is 0.170. The second kappa shape index (κ2) is 5.61. The number of carbonyl (C=O) groups is 1. The van der Waals surface area contributed by atoms with Crippen molar-refractivity contribution < 1.29 is 9.53 Å². The molecule has 0 atom stereocenters. The molecule has 1 saturated carbocycles. The Labute approximate surface area is 114 Å². The van der Waals surface area contributed by atoms with Crippen LogP contribution >= 0.6 is 0 Å². The largest absolute Gasteiger partial charge is 0.497 e. The second-order valence-corrected chi connectivity index (χ2v) is 5.35. The van der Waals surface area contributed by atoms with E-state index in [1.165, 1.54) is 0 Å². The van der Waals surface area contributed by atoms with Crippen molar-refractivity contribution in [1.29, 1.82) is 0 Å². The lowest BCUT2D eigenvalue weighted by Gasteiger charge is -2.41. The Balaban J connectivity index is 2.03. The highest BCUT2D eigenvalue weighted by Crippen LogP contribution is 2.41. The van der Waals surface area contributed by atoms with Gasteiger partial charge in [0.05, 0.1) is 12.5 Å². The quantitative estimate of drug-likeness (QED) is 0.880. The fourth-order valence-corrected chi connectivity index (χ4v) is 2.63. The first-order valence-electron chi connectivity index (χ1n) is 6.70. The molecule has 104 valence electrons. The molecule has 0 saturated heterocycles. The SMILES string of the molecule is COc1cccc(CN(C)C(=O)C2(CN)CCC2)c1. The molecule has 0 aliphatic heterocycles. The Hall–Kier alpha value is -1.55. The van der Waals surface area contributed by atoms with Gasteiger partial charge in [0, 0.05) is 20.1 Å². The summed E-state index contributed by atoms with van der Waals surface area (Å²) in [5.41, 5.74) is 6.55. The van der Waals surface area contributed by atoms with Crippen LogP contribution in [0, 0.1) is 5.41 Å². The number of hydrogen-bond acceptors (Lipinski definition) is 3. The van der Waals surface area contributed by atoms with Crippen molar-refractivity contribution in [2.45, 2.75) is 25.8 Å². The van der Waals surface area contributed by atoms with Crippen LogP contribution in [0.4, 0.5) is 0 Å². The van der Waals surface area contributed by atoms with Gasteiger partial charge in [-0.05, 0) is 30.5 Å². The Morgan fingerprint density at radius 3 is 2.74 bits per heavy atom. The molecule has 19 heavy (non-hydrogen) atoms. The summed E-state index contributed by atoms with van der Waals surface area (Å²) in [6.07, 6.45) is 2.95. The van der Waals surface area contributed by atoms with Crippen LogP contribution in [0.5, 0.6) is 5.75 Å². The Kier molecular flexibility index (Phi) is 4.10. The van der Waals surface area contributed by atoms with Crippen LogP contribution in [0.25, 0.3) is 0 Å². The third-order valence-electron chi connectivity index (χ3n) is 4.06. The molecular formula is C15H22N2O2. The monoisotopic (exact) mass is 262 g/mol. The van der Waals surface area contributed by atoms with Gasteiger partial charge in [0.25, 0.3) is 0 Å². The van der Waals surface area contributed by atoms with E-state index < -0.39 is 0 Å². The fraction of sp³-hybridized carbons (Fsp3) is 0.533. The number of rotatable bonds is 5. The van der Waals surface area contributed by atoms with Crippen molar-refractivity contribution in [1.82, 2.24) is 4.90 Å². The van der Waals surface area contributed by atoms with E-state index in [0.717, 1.165) is 30.6 Å². The number of nitrogens with two attached hydrogens (primary N) is 1. The molecule has 1 aromatic carbocycles. The van der Waals surface area contributed by atoms with Gasteiger partial charge in [0.2, 0.25) is 5.91 Å². The highest BCUT2D eigenvalue weighted by Gasteiger charge is 2.44. The molecule has 1 aromatic rings. The Morgan fingerprint density at radius 1 is 1.47 bits per heavy atom. The van der Waals surface area contributed by atoms with Gasteiger partial charge < -0.3 is 15.4 Å². The predicted molar refractivity (Wildman–Crippen MR) is 74.8 cm³/mol. The van der Waals surface area contributed by atoms with E-state index in [-0.39, 0.29) is 11.3 Å². The first kappa shape index (κ1) is 13.9. The summed E-state index contributed by atoms with van der Waals surface area (Å²) >= 11 is 0. The number of methoxy groups -OCH3 is 1. The molecule has 0 radical (unpaired) electrons. The molecule has 2 rings (SSSR count). The van der Waals surface area contributed by atoms with Crippen molar-refractivity contribution in [3.63, 3.8) is 0 Å². The highest BCUT2D eigenvalue weighted by atomic mass is 16.5. The van der Waals surface area contributed by atoms with E-state index in [1.807, 2.05) is 31.3 Å². The van der Waals surface area contributed by atoms with Gasteiger partial charge in [-0.2, -0.15) is 0 Å². The molecule has 4 nitrogen and oxygen atoms in total. The Morgan fingerprint density at radius 2 is 2.21 bits per heavy atom. The van der Waals surface area contributed by atoms with Crippen molar-refractivity contribution in [3.05, 3.63) is 29.8 Å². The summed E-state index contributed by atoms with van der Waals surface area (Å²) in [5.74, 6) is 0.986. The van der Waals surface area contributed by atoms with Crippen LogP contribution < -0.4 is 10.5 Å². The molecule has 1 aliphatic rings. The first-order valence-corrected chi connectivity index (χ1v) is 6.70. The van der Waals surface area contributed by atoms with Crippen LogP contribution in [0.15, 0.2) is 24.3 Å². The zero-order valence-electron chi connectivity index (χ0n) is 11.7. The van der Waals surface area contributed by atoms with Crippen LogP contribution in [-0.2, 0) is 11.3 Å². The lowest BCUT2D eigenvalue weighted by atomic mass is 9.68. The number of hydrogen-bond donors (Lipinski definition) is 1. The molecule has 1 aliphatic carbocycles. The van der Waals surface area contributed by atoms with Gasteiger partial charge in [-0.25, -0.2) is 0 Å². The minimum Gasteiger partial charge on any atom is -0.497 e. The van der Waals surface area contributed by atoms with E-state index in [9.17, 15) is 4.79 Å². The topological polar surface area (TPSA) is 55.6 Å². The molecule has 1 amide bonds. The van der Waals surface area contributed by atoms with E-state index in [4.69, 9.17) is 10.5 Å². The lowest BCUT2D eigenvalue weighted by Crippen LogP contribution is -2.50. The average Bonchev–Trinajstić information content (AvgIpc) is 2.38. The summed E-state index contributed by atoms with van der Waals surface area (Å²) < 4.78 is 5.19. The first-order chi connectivity index (χ1) is 9.11. The average molecular weight is 262 g/mol. The molecule has 0 aromatic heterocycles. The number of benzene rings is 1. The lowest BCUT2D eigenvalue weighted by molar-refractivity contribution is -0.145. The normalized spacial score (nSPS) is 16.6. The molecule has 0 unspecified atom stereocenters. The van der Waals surface area contributed by atoms with Crippen molar-refractivity contribution in [3.8, 4) is 5.75 Å². The molecule has 4 heteroatoms. The van der Waals surface area contributed by atoms with Gasteiger partial charge >= 0.3 is 0 Å². The van der Waals surface area contributed by atoms with Crippen molar-refractivity contribution >= 4 is 5.91 Å². The molecular weight excluding hydrogens is 240 g/mol. The number of nitrogens with zero attached hydrogens (tertiary/aromatic N) is 1. The summed E-state index contributed by atoms with van der Waals surface area (Å²) in [6.45, 7) is 1.05. The van der Waals surface area contributed by atoms with E-state index >= 15 is 0 Å². The van der Waals surface area contributed by atoms with Crippen molar-refractivity contribution in [2.75, 3.05) is 20.7 Å². The molecule has 2 N–H and O–H groups in total. The van der Waals surface area contributed by atoms with Crippen LogP contribution in [0.2, 0.25) is 0 Å². The van der Waals surface area contributed by atoms with Gasteiger partial charge in [0.1, 0.15) is 5.75 Å². The smallest absolute Gasteiger partial charge is 0.230 e. The fourth-order valence-electron chi connectivity index (χ4n) is 2.63. The van der Waals surface area contributed by atoms with Crippen LogP contribution in [0.1, 0.15) is 24.8 Å². The predicted octanol–water partition coefficient (Wildman–Crippen LogP) is 1.78. The van der Waals surface area contributed by atoms with E-state index in [0.29, 0.717) is 13.1 Å². The van der Waals surface area contributed by atoms with Crippen LogP contribution in [-0.4, -0.2) is 31.5 Å². The van der Waals surface area contributed by atoms with Gasteiger partial charge in [-0.1, -0.05) is 18.6 Å². The number of carbonyl (C=O) groups excluding carboxylic acids is 1. The van der Waals surface area contributed by atoms with Gasteiger partial charge in [-0.15, -0.1) is 0 Å². The molecule has 1 fully saturated rings. The maximum atomic E-state index is 12.5. The Bertz CT molecular complexity index is 450. The maximum absolute atomic E-state index is 12.5. The van der Waals surface area contributed by atoms with Gasteiger partial charge in [-0.3, -0.25) is 4.79 Å². The van der Waals surface area contributed by atoms with Gasteiger partial charge in [0.15, 0.2) is 0 Å². The third kappa shape index (κ3) is 2.73. The third-order valence-corrected chi connectivity index (χ3v) is 4.06. The summed E-state index contributed by atoms with van der Waals surface area (Å²) in [6, 6.07) is 7.80. The van der Waals surface area contributed by atoms with E-state index in [2.05, 4.69) is 0 Å². The zero-order chi connectivity index (χ0) is 13.9. The van der Waals surface area contributed by atoms with Crippen LogP contribution in [0.3, 0.4) is 0 Å². The number of ether oxygens (including phenoxy) is 1.